The Hall–Kier alpha value is -2.02. The van der Waals surface area contributed by atoms with Gasteiger partial charge in [0.05, 0.1) is 11.3 Å². The van der Waals surface area contributed by atoms with Gasteiger partial charge in [-0.15, -0.1) is 0 Å². The molecule has 1 aromatic heterocycles. The molecule has 5 heteroatoms. The lowest BCUT2D eigenvalue weighted by atomic mass is 10.1. The van der Waals surface area contributed by atoms with E-state index in [2.05, 4.69) is 32.9 Å². The number of H-pyrrole nitrogens is 1. The Kier molecular flexibility index (Phi) is 3.35. The van der Waals surface area contributed by atoms with Crippen LogP contribution in [0.15, 0.2) is 48.7 Å². The van der Waals surface area contributed by atoms with Crippen molar-refractivity contribution >= 4 is 50.8 Å². The Bertz CT molecular complexity index is 795. The first kappa shape index (κ1) is 13.0. The second kappa shape index (κ2) is 5.16. The number of rotatable bonds is 2. The average Bonchev–Trinajstić information content (AvgIpc) is 2.84. The molecule has 3 aromatic rings. The molecule has 0 bridgehead atoms. The third kappa shape index (κ3) is 2.36. The standard InChI is InChI=1S/C15H12IN3O/c16-12-3-1-2-4-13(12)19-15(20)11-8-18-14-7-9(17)5-6-10(11)14/h1-8,18H,17H2,(H,19,20). The van der Waals surface area contributed by atoms with Crippen LogP contribution in [0.3, 0.4) is 0 Å². The Labute approximate surface area is 129 Å². The van der Waals surface area contributed by atoms with Crippen LogP contribution in [-0.4, -0.2) is 10.9 Å². The van der Waals surface area contributed by atoms with E-state index in [4.69, 9.17) is 5.73 Å². The normalized spacial score (nSPS) is 10.7. The fourth-order valence-corrected chi connectivity index (χ4v) is 2.61. The number of nitrogen functional groups attached to an aromatic ring is 1. The van der Waals surface area contributed by atoms with Crippen LogP contribution < -0.4 is 11.1 Å². The van der Waals surface area contributed by atoms with Crippen LogP contribution in [0.4, 0.5) is 11.4 Å². The number of hydrogen-bond acceptors (Lipinski definition) is 2. The first-order chi connectivity index (χ1) is 9.65. The van der Waals surface area contributed by atoms with Gasteiger partial charge in [-0.05, 0) is 52.9 Å². The van der Waals surface area contributed by atoms with Crippen LogP contribution >= 0.6 is 22.6 Å². The van der Waals surface area contributed by atoms with Gasteiger partial charge in [-0.3, -0.25) is 4.79 Å². The summed E-state index contributed by atoms with van der Waals surface area (Å²) in [6, 6.07) is 13.1. The monoisotopic (exact) mass is 377 g/mol. The lowest BCUT2D eigenvalue weighted by Crippen LogP contribution is -2.12. The van der Waals surface area contributed by atoms with Crippen molar-refractivity contribution in [2.45, 2.75) is 0 Å². The molecular formula is C15H12IN3O. The molecule has 0 spiro atoms. The Morgan fingerprint density at radius 1 is 1.20 bits per heavy atom. The molecule has 0 radical (unpaired) electrons. The van der Waals surface area contributed by atoms with Gasteiger partial charge in [0.2, 0.25) is 0 Å². The van der Waals surface area contributed by atoms with E-state index in [0.29, 0.717) is 11.3 Å². The second-order valence-electron chi connectivity index (χ2n) is 4.44. The predicted molar refractivity (Wildman–Crippen MR) is 89.8 cm³/mol. The maximum absolute atomic E-state index is 12.4. The molecular weight excluding hydrogens is 365 g/mol. The van der Waals surface area contributed by atoms with Gasteiger partial charge >= 0.3 is 0 Å². The number of carbonyl (C=O) groups excluding carboxylic acids is 1. The summed E-state index contributed by atoms with van der Waals surface area (Å²) in [4.78, 5) is 15.4. The molecule has 0 aliphatic heterocycles. The fraction of sp³-hybridized carbons (Fsp3) is 0. The summed E-state index contributed by atoms with van der Waals surface area (Å²) in [7, 11) is 0. The largest absolute Gasteiger partial charge is 0.399 e. The predicted octanol–water partition coefficient (Wildman–Crippen LogP) is 3.61. The van der Waals surface area contributed by atoms with Crippen molar-refractivity contribution in [2.24, 2.45) is 0 Å². The molecule has 1 heterocycles. The molecule has 1 amide bonds. The summed E-state index contributed by atoms with van der Waals surface area (Å²) in [5.41, 5.74) is 8.68. The molecule has 4 nitrogen and oxygen atoms in total. The zero-order chi connectivity index (χ0) is 14.1. The van der Waals surface area contributed by atoms with Crippen molar-refractivity contribution in [1.82, 2.24) is 4.98 Å². The second-order valence-corrected chi connectivity index (χ2v) is 5.60. The molecule has 0 aliphatic rings. The summed E-state index contributed by atoms with van der Waals surface area (Å²) in [6.07, 6.45) is 1.70. The molecule has 0 atom stereocenters. The van der Waals surface area contributed by atoms with Crippen molar-refractivity contribution in [1.29, 1.82) is 0 Å². The third-order valence-electron chi connectivity index (χ3n) is 3.07. The number of halogens is 1. The zero-order valence-electron chi connectivity index (χ0n) is 10.5. The van der Waals surface area contributed by atoms with Gasteiger partial charge in [-0.2, -0.15) is 0 Å². The minimum absolute atomic E-state index is 0.134. The van der Waals surface area contributed by atoms with Crippen LogP contribution in [0, 0.1) is 3.57 Å². The van der Waals surface area contributed by atoms with Crippen LogP contribution in [0.1, 0.15) is 10.4 Å². The molecule has 0 saturated carbocycles. The molecule has 0 saturated heterocycles. The molecule has 20 heavy (non-hydrogen) atoms. The van der Waals surface area contributed by atoms with E-state index in [1.165, 1.54) is 0 Å². The van der Waals surface area contributed by atoms with Gasteiger partial charge in [-0.25, -0.2) is 0 Å². The van der Waals surface area contributed by atoms with Crippen LogP contribution in [0.2, 0.25) is 0 Å². The number of amides is 1. The van der Waals surface area contributed by atoms with Crippen molar-refractivity contribution in [3.8, 4) is 0 Å². The highest BCUT2D eigenvalue weighted by atomic mass is 127. The quantitative estimate of drug-likeness (QED) is 0.472. The molecule has 2 aromatic carbocycles. The first-order valence-electron chi connectivity index (χ1n) is 6.07. The molecule has 0 fully saturated rings. The number of fused-ring (bicyclic) bond motifs is 1. The first-order valence-corrected chi connectivity index (χ1v) is 7.15. The zero-order valence-corrected chi connectivity index (χ0v) is 12.6. The molecule has 0 unspecified atom stereocenters. The third-order valence-corrected chi connectivity index (χ3v) is 4.01. The van der Waals surface area contributed by atoms with Gasteiger partial charge < -0.3 is 16.0 Å². The molecule has 100 valence electrons. The summed E-state index contributed by atoms with van der Waals surface area (Å²) in [5, 5.41) is 3.79. The number of anilines is 2. The SMILES string of the molecule is Nc1ccc2c(C(=O)Nc3ccccc3I)c[nH]c2c1. The van der Waals surface area contributed by atoms with Crippen LogP contribution in [-0.2, 0) is 0 Å². The number of para-hydroxylation sites is 1. The van der Waals surface area contributed by atoms with E-state index in [9.17, 15) is 4.79 Å². The van der Waals surface area contributed by atoms with E-state index < -0.39 is 0 Å². The van der Waals surface area contributed by atoms with E-state index in [-0.39, 0.29) is 5.91 Å². The van der Waals surface area contributed by atoms with Gasteiger partial charge in [0, 0.05) is 26.4 Å². The minimum Gasteiger partial charge on any atom is -0.399 e. The van der Waals surface area contributed by atoms with Gasteiger partial charge in [0.15, 0.2) is 0 Å². The van der Waals surface area contributed by atoms with E-state index in [0.717, 1.165) is 20.2 Å². The number of aromatic nitrogens is 1. The van der Waals surface area contributed by atoms with E-state index in [1.54, 1.807) is 12.3 Å². The average molecular weight is 377 g/mol. The summed E-state index contributed by atoms with van der Waals surface area (Å²) in [5.74, 6) is -0.134. The highest BCUT2D eigenvalue weighted by Crippen LogP contribution is 2.23. The number of hydrogen-bond donors (Lipinski definition) is 3. The lowest BCUT2D eigenvalue weighted by molar-refractivity contribution is 0.102. The molecule has 4 N–H and O–H groups in total. The number of carbonyl (C=O) groups is 1. The topological polar surface area (TPSA) is 70.9 Å². The van der Waals surface area contributed by atoms with Crippen LogP contribution in [0.25, 0.3) is 10.9 Å². The highest BCUT2D eigenvalue weighted by Gasteiger charge is 2.13. The van der Waals surface area contributed by atoms with E-state index >= 15 is 0 Å². The smallest absolute Gasteiger partial charge is 0.257 e. The van der Waals surface area contributed by atoms with Crippen molar-refractivity contribution in [3.05, 3.63) is 57.8 Å². The highest BCUT2D eigenvalue weighted by molar-refractivity contribution is 14.1. The Morgan fingerprint density at radius 3 is 2.80 bits per heavy atom. The maximum Gasteiger partial charge on any atom is 0.257 e. The summed E-state index contributed by atoms with van der Waals surface area (Å²) >= 11 is 2.19. The van der Waals surface area contributed by atoms with Gasteiger partial charge in [0.25, 0.3) is 5.91 Å². The fourth-order valence-electron chi connectivity index (χ4n) is 2.08. The van der Waals surface area contributed by atoms with Crippen molar-refractivity contribution in [2.75, 3.05) is 11.1 Å². The van der Waals surface area contributed by atoms with E-state index in [1.807, 2.05) is 36.4 Å². The Balaban J connectivity index is 1.95. The molecule has 0 aliphatic carbocycles. The number of nitrogens with two attached hydrogens (primary N) is 1. The molecule has 3 rings (SSSR count). The maximum atomic E-state index is 12.4. The summed E-state index contributed by atoms with van der Waals surface area (Å²) in [6.45, 7) is 0. The lowest BCUT2D eigenvalue weighted by Gasteiger charge is -2.06. The number of benzene rings is 2. The van der Waals surface area contributed by atoms with Gasteiger partial charge in [0.1, 0.15) is 0 Å². The number of aromatic amines is 1. The number of nitrogens with one attached hydrogen (secondary N) is 2. The van der Waals surface area contributed by atoms with Gasteiger partial charge in [-0.1, -0.05) is 12.1 Å². The minimum atomic E-state index is -0.134. The van der Waals surface area contributed by atoms with Crippen molar-refractivity contribution < 1.29 is 4.79 Å². The van der Waals surface area contributed by atoms with Crippen LogP contribution in [0.5, 0.6) is 0 Å². The summed E-state index contributed by atoms with van der Waals surface area (Å²) < 4.78 is 1.00. The Morgan fingerprint density at radius 2 is 2.00 bits per heavy atom. The van der Waals surface area contributed by atoms with Crippen molar-refractivity contribution in [3.63, 3.8) is 0 Å².